The van der Waals surface area contributed by atoms with Gasteiger partial charge in [-0.15, -0.1) is 0 Å². The molecule has 150 valence electrons. The quantitative estimate of drug-likeness (QED) is 0.656. The summed E-state index contributed by atoms with van der Waals surface area (Å²) in [7, 11) is 5.86. The Kier molecular flexibility index (Phi) is 6.28. The molecule has 1 aromatic carbocycles. The number of hydrogen-bond acceptors (Lipinski definition) is 6. The van der Waals surface area contributed by atoms with E-state index in [0.29, 0.717) is 12.3 Å². The molecule has 2 saturated heterocycles. The average Bonchev–Trinajstić information content (AvgIpc) is 3.04. The van der Waals surface area contributed by atoms with Crippen molar-refractivity contribution in [1.82, 2.24) is 15.1 Å². The van der Waals surface area contributed by atoms with Gasteiger partial charge in [-0.1, -0.05) is 0 Å². The molecule has 0 aliphatic carbocycles. The number of aliphatic hydroxyl groups excluding tert-OH is 1. The number of ether oxygens (including phenoxy) is 2. The average molecular weight is 382 g/mol. The fraction of sp³-hybridized carbons (Fsp3) is 0.611. The Morgan fingerprint density at radius 1 is 1.26 bits per heavy atom. The molecule has 5 atom stereocenters. The Hall–Kier alpha value is -1.78. The van der Waals surface area contributed by atoms with Crippen molar-refractivity contribution in [3.8, 4) is 0 Å². The maximum Gasteiger partial charge on any atom is 0.319 e. The monoisotopic (exact) mass is 382 g/mol. The van der Waals surface area contributed by atoms with Crippen LogP contribution in [-0.4, -0.2) is 92.4 Å². The molecular weight excluding hydrogens is 355 g/mol. The number of benzene rings is 1. The first-order valence-electron chi connectivity index (χ1n) is 8.98. The summed E-state index contributed by atoms with van der Waals surface area (Å²) in [6.45, 7) is 1.84. The zero-order valence-electron chi connectivity index (χ0n) is 15.8. The number of fused-ring (bicyclic) bond motifs is 2. The minimum Gasteiger partial charge on any atom is -0.389 e. The predicted octanol–water partition coefficient (Wildman–Crippen LogP) is 0.294. The summed E-state index contributed by atoms with van der Waals surface area (Å²) in [5.41, 5.74) is 0.459. The van der Waals surface area contributed by atoms with E-state index < -0.39 is 30.6 Å². The Bertz CT molecular complexity index is 645. The molecule has 27 heavy (non-hydrogen) atoms. The fourth-order valence-corrected chi connectivity index (χ4v) is 3.41. The summed E-state index contributed by atoms with van der Waals surface area (Å²) in [4.78, 5) is 16.4. The van der Waals surface area contributed by atoms with E-state index in [2.05, 4.69) is 15.5 Å². The Balaban J connectivity index is 1.63. The molecule has 0 unspecified atom stereocenters. The molecule has 2 fully saturated rings. The van der Waals surface area contributed by atoms with Gasteiger partial charge in [0.1, 0.15) is 11.9 Å². The summed E-state index contributed by atoms with van der Waals surface area (Å²) in [5, 5.41) is 16.3. The SMILES string of the molecule is CN(C)CCN(C)[C@H]1[C@@H]2OC[C@@H](O2)[C@@H](NC(=O)Nc2ccc(F)cc2)[C@@H]1O. The highest BCUT2D eigenvalue weighted by atomic mass is 19.1. The lowest BCUT2D eigenvalue weighted by atomic mass is 9.95. The van der Waals surface area contributed by atoms with Crippen molar-refractivity contribution in [1.29, 1.82) is 0 Å². The lowest BCUT2D eigenvalue weighted by Crippen LogP contribution is -2.65. The largest absolute Gasteiger partial charge is 0.389 e. The van der Waals surface area contributed by atoms with Crippen LogP contribution in [0.4, 0.5) is 14.9 Å². The van der Waals surface area contributed by atoms with Crippen LogP contribution in [0.5, 0.6) is 0 Å². The van der Waals surface area contributed by atoms with Crippen LogP contribution >= 0.6 is 0 Å². The number of amides is 2. The third-order valence-electron chi connectivity index (χ3n) is 4.94. The maximum absolute atomic E-state index is 13.0. The number of carbonyl (C=O) groups excluding carboxylic acids is 1. The van der Waals surface area contributed by atoms with E-state index in [1.165, 1.54) is 24.3 Å². The van der Waals surface area contributed by atoms with Gasteiger partial charge in [0.25, 0.3) is 0 Å². The highest BCUT2D eigenvalue weighted by Gasteiger charge is 2.51. The molecule has 0 spiro atoms. The van der Waals surface area contributed by atoms with Crippen molar-refractivity contribution in [2.45, 2.75) is 30.6 Å². The summed E-state index contributed by atoms with van der Waals surface area (Å²) in [6, 6.07) is 3.97. The molecule has 2 heterocycles. The molecule has 9 heteroatoms. The lowest BCUT2D eigenvalue weighted by Gasteiger charge is -2.42. The van der Waals surface area contributed by atoms with E-state index in [1.807, 2.05) is 26.0 Å². The second kappa shape index (κ2) is 8.49. The normalized spacial score (nSPS) is 30.0. The van der Waals surface area contributed by atoms with Gasteiger partial charge in [-0.25, -0.2) is 9.18 Å². The van der Waals surface area contributed by atoms with Crippen LogP contribution < -0.4 is 10.6 Å². The van der Waals surface area contributed by atoms with E-state index >= 15 is 0 Å². The smallest absolute Gasteiger partial charge is 0.319 e. The van der Waals surface area contributed by atoms with Crippen LogP contribution in [0.3, 0.4) is 0 Å². The number of rotatable bonds is 6. The van der Waals surface area contributed by atoms with Crippen molar-refractivity contribution in [2.24, 2.45) is 0 Å². The van der Waals surface area contributed by atoms with Crippen molar-refractivity contribution in [3.05, 3.63) is 30.1 Å². The van der Waals surface area contributed by atoms with Gasteiger partial charge in [-0.05, 0) is 45.4 Å². The third-order valence-corrected chi connectivity index (χ3v) is 4.94. The van der Waals surface area contributed by atoms with Gasteiger partial charge in [-0.3, -0.25) is 4.90 Å². The number of carbonyl (C=O) groups is 1. The summed E-state index contributed by atoms with van der Waals surface area (Å²) < 4.78 is 24.5. The third kappa shape index (κ3) is 4.74. The Morgan fingerprint density at radius 3 is 2.63 bits per heavy atom. The van der Waals surface area contributed by atoms with Crippen LogP contribution in [0.15, 0.2) is 24.3 Å². The molecular formula is C18H27FN4O4. The number of nitrogens with zero attached hydrogens (tertiary/aromatic N) is 2. The molecule has 8 nitrogen and oxygen atoms in total. The van der Waals surface area contributed by atoms with Crippen LogP contribution in [0.25, 0.3) is 0 Å². The van der Waals surface area contributed by atoms with E-state index in [9.17, 15) is 14.3 Å². The second-order valence-corrected chi connectivity index (χ2v) is 7.27. The van der Waals surface area contributed by atoms with Crippen LogP contribution in [-0.2, 0) is 9.47 Å². The molecule has 0 aromatic heterocycles. The fourth-order valence-electron chi connectivity index (χ4n) is 3.41. The zero-order chi connectivity index (χ0) is 19.6. The first kappa shape index (κ1) is 20.0. The summed E-state index contributed by atoms with van der Waals surface area (Å²) in [6.07, 6.45) is -1.78. The summed E-state index contributed by atoms with van der Waals surface area (Å²) >= 11 is 0. The first-order valence-corrected chi connectivity index (χ1v) is 8.98. The minimum atomic E-state index is -0.845. The predicted molar refractivity (Wildman–Crippen MR) is 97.9 cm³/mol. The molecule has 1 aromatic rings. The van der Waals surface area contributed by atoms with Gasteiger partial charge in [0.2, 0.25) is 0 Å². The molecule has 3 rings (SSSR count). The van der Waals surface area contributed by atoms with Gasteiger partial charge >= 0.3 is 6.03 Å². The minimum absolute atomic E-state index is 0.307. The molecule has 2 bridgehead atoms. The van der Waals surface area contributed by atoms with Crippen molar-refractivity contribution < 1.29 is 23.8 Å². The Labute approximate surface area is 158 Å². The van der Waals surface area contributed by atoms with Crippen LogP contribution in [0.1, 0.15) is 0 Å². The molecule has 0 saturated carbocycles. The number of hydrogen-bond donors (Lipinski definition) is 3. The Morgan fingerprint density at radius 2 is 1.96 bits per heavy atom. The van der Waals surface area contributed by atoms with Gasteiger partial charge in [-0.2, -0.15) is 0 Å². The van der Waals surface area contributed by atoms with Crippen LogP contribution in [0, 0.1) is 5.82 Å². The van der Waals surface area contributed by atoms with Crippen molar-refractivity contribution in [3.63, 3.8) is 0 Å². The van der Waals surface area contributed by atoms with Crippen molar-refractivity contribution >= 4 is 11.7 Å². The van der Waals surface area contributed by atoms with Crippen molar-refractivity contribution in [2.75, 3.05) is 46.2 Å². The molecule has 2 aliphatic heterocycles. The standard InChI is InChI=1S/C18H27FN4O4/c1-22(2)8-9-23(3)15-16(24)14(13-10-26-17(15)27-13)21-18(25)20-12-6-4-11(19)5-7-12/h4-7,13-17,24H,8-10H2,1-3H3,(H2,20,21,25)/t13-,14-,15-,16+,17-/m1/s1. The van der Waals surface area contributed by atoms with E-state index in [1.54, 1.807) is 0 Å². The van der Waals surface area contributed by atoms with Gasteiger partial charge < -0.3 is 30.1 Å². The topological polar surface area (TPSA) is 86.3 Å². The first-order chi connectivity index (χ1) is 12.8. The number of aliphatic hydroxyl groups is 1. The number of likely N-dealkylation sites (N-methyl/N-ethyl adjacent to an activating group) is 2. The van der Waals surface area contributed by atoms with Crippen LogP contribution in [0.2, 0.25) is 0 Å². The highest BCUT2D eigenvalue weighted by Crippen LogP contribution is 2.31. The zero-order valence-corrected chi connectivity index (χ0v) is 15.8. The molecule has 2 aliphatic rings. The molecule has 3 N–H and O–H groups in total. The van der Waals surface area contributed by atoms with Gasteiger partial charge in [0.15, 0.2) is 6.29 Å². The number of nitrogens with one attached hydrogen (secondary N) is 2. The number of anilines is 1. The van der Waals surface area contributed by atoms with Gasteiger partial charge in [0.05, 0.1) is 24.8 Å². The number of urea groups is 1. The molecule has 2 amide bonds. The maximum atomic E-state index is 13.0. The summed E-state index contributed by atoms with van der Waals surface area (Å²) in [5.74, 6) is -0.380. The van der Waals surface area contributed by atoms with Gasteiger partial charge in [0, 0.05) is 18.8 Å². The number of halogens is 1. The lowest BCUT2D eigenvalue weighted by molar-refractivity contribution is -0.177. The molecule has 0 radical (unpaired) electrons. The highest BCUT2D eigenvalue weighted by molar-refractivity contribution is 5.89. The second-order valence-electron chi connectivity index (χ2n) is 7.27. The van der Waals surface area contributed by atoms with E-state index in [0.717, 1.165) is 13.1 Å². The van der Waals surface area contributed by atoms with E-state index in [4.69, 9.17) is 9.47 Å². The van der Waals surface area contributed by atoms with E-state index in [-0.39, 0.29) is 11.9 Å².